The number of nitrogens with two attached hydrogens (primary N) is 1. The number of ether oxygens (including phenoxy) is 2. The summed E-state index contributed by atoms with van der Waals surface area (Å²) in [5.74, 6) is 1.54. The molecular formula is C20H27N3O3. The number of carbonyl (C=O) groups is 1. The fraction of sp³-hybridized carbons (Fsp3) is 0.500. The molecule has 0 saturated heterocycles. The zero-order valence-corrected chi connectivity index (χ0v) is 15.5. The molecule has 1 aromatic rings. The van der Waals surface area contributed by atoms with Crippen molar-refractivity contribution in [3.8, 4) is 11.5 Å². The second-order valence-corrected chi connectivity index (χ2v) is 6.67. The molecule has 0 fully saturated rings. The van der Waals surface area contributed by atoms with E-state index in [4.69, 9.17) is 20.3 Å². The monoisotopic (exact) mass is 357 g/mol. The molecule has 2 aliphatic rings. The number of allylic oxidation sites excluding steroid dienone is 2. The third-order valence-electron chi connectivity index (χ3n) is 5.09. The van der Waals surface area contributed by atoms with Crippen LogP contribution in [0.5, 0.6) is 11.5 Å². The van der Waals surface area contributed by atoms with Crippen molar-refractivity contribution in [1.82, 2.24) is 5.01 Å². The summed E-state index contributed by atoms with van der Waals surface area (Å²) in [4.78, 5) is 12.9. The maximum absolute atomic E-state index is 12.9. The molecule has 1 aliphatic carbocycles. The molecule has 0 saturated carbocycles. The minimum absolute atomic E-state index is 0.0431. The zero-order chi connectivity index (χ0) is 18.5. The molecule has 1 heterocycles. The van der Waals surface area contributed by atoms with Gasteiger partial charge in [-0.15, -0.1) is 0 Å². The van der Waals surface area contributed by atoms with Crippen LogP contribution in [0, 0.1) is 11.8 Å². The number of amides is 1. The lowest BCUT2D eigenvalue weighted by atomic mass is 9.76. The van der Waals surface area contributed by atoms with Gasteiger partial charge in [0.2, 0.25) is 5.91 Å². The van der Waals surface area contributed by atoms with Crippen molar-refractivity contribution >= 4 is 11.6 Å². The number of carbonyl (C=O) groups excluding carboxylic acids is 1. The molecule has 0 radical (unpaired) electrons. The maximum atomic E-state index is 12.9. The van der Waals surface area contributed by atoms with E-state index in [2.05, 4.69) is 12.2 Å². The Morgan fingerprint density at radius 2 is 1.85 bits per heavy atom. The third kappa shape index (κ3) is 3.60. The first kappa shape index (κ1) is 18.5. The maximum Gasteiger partial charge on any atom is 0.246 e. The summed E-state index contributed by atoms with van der Waals surface area (Å²) in [5, 5.41) is 6.39. The van der Waals surface area contributed by atoms with E-state index in [0.29, 0.717) is 24.6 Å². The lowest BCUT2D eigenvalue weighted by molar-refractivity contribution is -0.137. The Bertz CT molecular complexity index is 714. The molecule has 6 heteroatoms. The van der Waals surface area contributed by atoms with Crippen LogP contribution in [0.15, 0.2) is 35.5 Å². The molecule has 140 valence electrons. The van der Waals surface area contributed by atoms with Crippen LogP contribution in [0.4, 0.5) is 0 Å². The van der Waals surface area contributed by atoms with Gasteiger partial charge in [0.25, 0.3) is 0 Å². The van der Waals surface area contributed by atoms with Gasteiger partial charge >= 0.3 is 0 Å². The molecule has 2 atom stereocenters. The van der Waals surface area contributed by atoms with E-state index in [1.54, 1.807) is 19.2 Å². The van der Waals surface area contributed by atoms with Crippen LogP contribution in [0.3, 0.4) is 0 Å². The van der Waals surface area contributed by atoms with Gasteiger partial charge in [0.05, 0.1) is 25.8 Å². The first-order valence-electron chi connectivity index (χ1n) is 9.17. The predicted molar refractivity (Wildman–Crippen MR) is 101 cm³/mol. The van der Waals surface area contributed by atoms with E-state index in [9.17, 15) is 4.79 Å². The van der Waals surface area contributed by atoms with E-state index in [0.717, 1.165) is 37.0 Å². The Balaban J connectivity index is 1.96. The first-order chi connectivity index (χ1) is 12.7. The van der Waals surface area contributed by atoms with Crippen LogP contribution in [0.2, 0.25) is 0 Å². The SMILES string of the molecule is COc1ccc(C2=NN(CCCCN)C(=O)[C@H]3CC=CC[C@@H]23)cc1OC. The molecule has 1 aliphatic heterocycles. The Morgan fingerprint density at radius 1 is 1.12 bits per heavy atom. The van der Waals surface area contributed by atoms with E-state index in [1.807, 2.05) is 18.2 Å². The summed E-state index contributed by atoms with van der Waals surface area (Å²) >= 11 is 0. The third-order valence-corrected chi connectivity index (χ3v) is 5.09. The predicted octanol–water partition coefficient (Wildman–Crippen LogP) is 2.57. The van der Waals surface area contributed by atoms with E-state index in [1.165, 1.54) is 0 Å². The van der Waals surface area contributed by atoms with Crippen molar-refractivity contribution in [3.05, 3.63) is 35.9 Å². The second kappa shape index (κ2) is 8.36. The fourth-order valence-electron chi connectivity index (χ4n) is 3.67. The second-order valence-electron chi connectivity index (χ2n) is 6.67. The van der Waals surface area contributed by atoms with Crippen LogP contribution in [-0.4, -0.2) is 43.9 Å². The van der Waals surface area contributed by atoms with Crippen LogP contribution < -0.4 is 15.2 Å². The Kier molecular flexibility index (Phi) is 5.93. The smallest absolute Gasteiger partial charge is 0.246 e. The van der Waals surface area contributed by atoms with Crippen LogP contribution in [0.1, 0.15) is 31.2 Å². The van der Waals surface area contributed by atoms with Gasteiger partial charge in [-0.3, -0.25) is 4.79 Å². The molecule has 0 aromatic heterocycles. The van der Waals surface area contributed by atoms with Gasteiger partial charge < -0.3 is 15.2 Å². The highest BCUT2D eigenvalue weighted by molar-refractivity contribution is 6.07. The summed E-state index contributed by atoms with van der Waals surface area (Å²) in [5.41, 5.74) is 7.52. The van der Waals surface area contributed by atoms with E-state index in [-0.39, 0.29) is 17.7 Å². The number of fused-ring (bicyclic) bond motifs is 1. The van der Waals surface area contributed by atoms with Crippen molar-refractivity contribution in [2.75, 3.05) is 27.3 Å². The van der Waals surface area contributed by atoms with Crippen molar-refractivity contribution < 1.29 is 14.3 Å². The lowest BCUT2D eigenvalue weighted by Gasteiger charge is -2.37. The molecule has 1 aromatic carbocycles. The highest BCUT2D eigenvalue weighted by Crippen LogP contribution is 2.36. The summed E-state index contributed by atoms with van der Waals surface area (Å²) < 4.78 is 10.8. The number of hydrogen-bond donors (Lipinski definition) is 1. The van der Waals surface area contributed by atoms with Gasteiger partial charge in [-0.25, -0.2) is 5.01 Å². The number of benzene rings is 1. The lowest BCUT2D eigenvalue weighted by Crippen LogP contribution is -2.45. The molecule has 2 N–H and O–H groups in total. The molecule has 0 unspecified atom stereocenters. The normalized spacial score (nSPS) is 22.0. The summed E-state index contributed by atoms with van der Waals surface area (Å²) in [6.07, 6.45) is 7.60. The number of rotatable bonds is 7. The van der Waals surface area contributed by atoms with E-state index < -0.39 is 0 Å². The van der Waals surface area contributed by atoms with Crippen molar-refractivity contribution in [3.63, 3.8) is 0 Å². The summed E-state index contributed by atoms with van der Waals surface area (Å²) in [7, 11) is 3.24. The van der Waals surface area contributed by atoms with E-state index >= 15 is 0 Å². The average molecular weight is 357 g/mol. The number of unbranched alkanes of at least 4 members (excludes halogenated alkanes) is 1. The highest BCUT2D eigenvalue weighted by atomic mass is 16.5. The molecule has 26 heavy (non-hydrogen) atoms. The minimum atomic E-state index is -0.0431. The average Bonchev–Trinajstić information content (AvgIpc) is 2.69. The molecular weight excluding hydrogens is 330 g/mol. The van der Waals surface area contributed by atoms with Crippen LogP contribution >= 0.6 is 0 Å². The van der Waals surface area contributed by atoms with Gasteiger partial charge in [0, 0.05) is 18.0 Å². The van der Waals surface area contributed by atoms with Gasteiger partial charge in [-0.2, -0.15) is 5.10 Å². The Hall–Kier alpha value is -2.34. The van der Waals surface area contributed by atoms with Crippen LogP contribution in [-0.2, 0) is 4.79 Å². The highest BCUT2D eigenvalue weighted by Gasteiger charge is 2.39. The van der Waals surface area contributed by atoms with Crippen molar-refractivity contribution in [2.24, 2.45) is 22.7 Å². The molecule has 0 spiro atoms. The van der Waals surface area contributed by atoms with Gasteiger partial charge in [0.15, 0.2) is 11.5 Å². The molecule has 3 rings (SSSR count). The molecule has 0 bridgehead atoms. The van der Waals surface area contributed by atoms with Gasteiger partial charge in [-0.1, -0.05) is 12.2 Å². The molecule has 1 amide bonds. The van der Waals surface area contributed by atoms with Crippen molar-refractivity contribution in [2.45, 2.75) is 25.7 Å². The number of hydrazone groups is 1. The quantitative estimate of drug-likeness (QED) is 0.601. The first-order valence-corrected chi connectivity index (χ1v) is 9.17. The topological polar surface area (TPSA) is 77.1 Å². The summed E-state index contributed by atoms with van der Waals surface area (Å²) in [6, 6.07) is 5.82. The zero-order valence-electron chi connectivity index (χ0n) is 15.5. The fourth-order valence-corrected chi connectivity index (χ4v) is 3.67. The minimum Gasteiger partial charge on any atom is -0.493 e. The Morgan fingerprint density at radius 3 is 2.54 bits per heavy atom. The number of methoxy groups -OCH3 is 2. The molecule has 6 nitrogen and oxygen atoms in total. The van der Waals surface area contributed by atoms with Gasteiger partial charge in [-0.05, 0) is 50.4 Å². The van der Waals surface area contributed by atoms with Crippen LogP contribution in [0.25, 0.3) is 0 Å². The largest absolute Gasteiger partial charge is 0.493 e. The number of hydrogen-bond acceptors (Lipinski definition) is 5. The Labute approximate surface area is 154 Å². The van der Waals surface area contributed by atoms with Gasteiger partial charge in [0.1, 0.15) is 0 Å². The number of nitrogens with zero attached hydrogens (tertiary/aromatic N) is 2. The standard InChI is InChI=1S/C20H27N3O3/c1-25-17-10-9-14(13-18(17)26-2)19-15-7-3-4-8-16(15)20(24)23(22-19)12-6-5-11-21/h3-4,9-10,13,15-16H,5-8,11-12,21H2,1-2H3/t15-,16+/m1/s1. The summed E-state index contributed by atoms with van der Waals surface area (Å²) in [6.45, 7) is 1.24. The van der Waals surface area contributed by atoms with Crippen molar-refractivity contribution in [1.29, 1.82) is 0 Å².